The topological polar surface area (TPSA) is 65.1 Å². The van der Waals surface area contributed by atoms with E-state index in [9.17, 15) is 8.42 Å². The second kappa shape index (κ2) is 3.06. The summed E-state index contributed by atoms with van der Waals surface area (Å²) in [5.74, 6) is -0.0122. The number of aromatic nitrogens is 1. The van der Waals surface area contributed by atoms with Crippen molar-refractivity contribution >= 4 is 10.0 Å². The van der Waals surface area contributed by atoms with Gasteiger partial charge in [0.1, 0.15) is 0 Å². The molecule has 0 saturated heterocycles. The summed E-state index contributed by atoms with van der Waals surface area (Å²) in [5, 5.41) is 0. The SMILES string of the molecule is NCCS(=O)(=O)n1cccc1. The Morgan fingerprint density at radius 1 is 1.27 bits per heavy atom. The van der Waals surface area contributed by atoms with Crippen molar-refractivity contribution in [2.75, 3.05) is 12.3 Å². The lowest BCUT2D eigenvalue weighted by Crippen LogP contribution is -2.20. The van der Waals surface area contributed by atoms with Gasteiger partial charge in [0.15, 0.2) is 0 Å². The molecule has 0 bridgehead atoms. The molecule has 62 valence electrons. The highest BCUT2D eigenvalue weighted by molar-refractivity contribution is 7.89. The molecular weight excluding hydrogens is 164 g/mol. The van der Waals surface area contributed by atoms with E-state index in [1.807, 2.05) is 0 Å². The molecule has 1 aromatic heterocycles. The van der Waals surface area contributed by atoms with Crippen LogP contribution in [0.2, 0.25) is 0 Å². The lowest BCUT2D eigenvalue weighted by molar-refractivity contribution is 0.587. The summed E-state index contributed by atoms with van der Waals surface area (Å²) in [4.78, 5) is 0. The Balaban J connectivity index is 2.92. The minimum atomic E-state index is -3.18. The molecule has 1 rings (SSSR count). The molecule has 0 unspecified atom stereocenters. The molecule has 4 nitrogen and oxygen atoms in total. The first-order valence-corrected chi connectivity index (χ1v) is 4.84. The number of rotatable bonds is 3. The smallest absolute Gasteiger partial charge is 0.239 e. The maximum Gasteiger partial charge on any atom is 0.239 e. The first kappa shape index (κ1) is 8.29. The van der Waals surface area contributed by atoms with Crippen molar-refractivity contribution in [1.82, 2.24) is 3.97 Å². The van der Waals surface area contributed by atoms with Crippen molar-refractivity contribution in [2.24, 2.45) is 5.73 Å². The van der Waals surface area contributed by atoms with Crippen LogP contribution >= 0.6 is 0 Å². The molecule has 2 N–H and O–H groups in total. The number of hydrogen-bond donors (Lipinski definition) is 1. The van der Waals surface area contributed by atoms with Gasteiger partial charge >= 0.3 is 0 Å². The fourth-order valence-corrected chi connectivity index (χ4v) is 1.78. The molecule has 0 spiro atoms. The Bertz CT molecular complexity index is 301. The van der Waals surface area contributed by atoms with Crippen LogP contribution in [0.25, 0.3) is 0 Å². The van der Waals surface area contributed by atoms with E-state index in [-0.39, 0.29) is 12.3 Å². The fourth-order valence-electron chi connectivity index (χ4n) is 0.759. The summed E-state index contributed by atoms with van der Waals surface area (Å²) in [6, 6.07) is 3.32. The maximum absolute atomic E-state index is 11.2. The van der Waals surface area contributed by atoms with E-state index in [2.05, 4.69) is 0 Å². The molecule has 11 heavy (non-hydrogen) atoms. The third-order valence-corrected chi connectivity index (χ3v) is 2.91. The molecule has 0 fully saturated rings. The van der Waals surface area contributed by atoms with Gasteiger partial charge in [0, 0.05) is 18.9 Å². The minimum absolute atomic E-state index is 0.0122. The second-order valence-corrected chi connectivity index (χ2v) is 4.11. The molecule has 0 aromatic carbocycles. The Hall–Kier alpha value is -0.810. The lowest BCUT2D eigenvalue weighted by atomic mass is 10.7. The average Bonchev–Trinajstić information content (AvgIpc) is 2.37. The van der Waals surface area contributed by atoms with Gasteiger partial charge in [0.2, 0.25) is 10.0 Å². The molecule has 5 heteroatoms. The minimum Gasteiger partial charge on any atom is -0.329 e. The third kappa shape index (κ3) is 1.81. The number of hydrogen-bond acceptors (Lipinski definition) is 3. The first-order chi connectivity index (χ1) is 5.17. The molecule has 1 heterocycles. The third-order valence-electron chi connectivity index (χ3n) is 1.27. The molecule has 1 aromatic rings. The molecule has 0 saturated carbocycles. The van der Waals surface area contributed by atoms with Gasteiger partial charge in [0.25, 0.3) is 0 Å². The van der Waals surface area contributed by atoms with Crippen LogP contribution in [0.1, 0.15) is 0 Å². The van der Waals surface area contributed by atoms with E-state index in [1.165, 1.54) is 16.4 Å². The van der Waals surface area contributed by atoms with Gasteiger partial charge in [-0.1, -0.05) is 0 Å². The Labute approximate surface area is 65.7 Å². The van der Waals surface area contributed by atoms with Gasteiger partial charge in [-0.05, 0) is 12.1 Å². The van der Waals surface area contributed by atoms with E-state index in [0.717, 1.165) is 0 Å². The van der Waals surface area contributed by atoms with Crippen LogP contribution in [0.15, 0.2) is 24.5 Å². The summed E-state index contributed by atoms with van der Waals surface area (Å²) in [6.07, 6.45) is 2.98. The van der Waals surface area contributed by atoms with Crippen LogP contribution in [0, 0.1) is 0 Å². The summed E-state index contributed by atoms with van der Waals surface area (Å²) in [6.45, 7) is 0.153. The molecule has 0 radical (unpaired) electrons. The van der Waals surface area contributed by atoms with Gasteiger partial charge in [-0.2, -0.15) is 0 Å². The lowest BCUT2D eigenvalue weighted by Gasteiger charge is -2.01. The van der Waals surface area contributed by atoms with Crippen molar-refractivity contribution in [2.45, 2.75) is 0 Å². The van der Waals surface area contributed by atoms with Crippen LogP contribution in [0.3, 0.4) is 0 Å². The predicted octanol–water partition coefficient (Wildman–Crippen LogP) is -0.375. The highest BCUT2D eigenvalue weighted by Crippen LogP contribution is 1.97. The monoisotopic (exact) mass is 174 g/mol. The van der Waals surface area contributed by atoms with Gasteiger partial charge in [-0.15, -0.1) is 0 Å². The standard InChI is InChI=1S/C6H10N2O2S/c7-3-6-11(9,10)8-4-1-2-5-8/h1-2,4-5H,3,6-7H2. The van der Waals surface area contributed by atoms with Crippen molar-refractivity contribution in [1.29, 1.82) is 0 Å². The number of nitrogens with two attached hydrogens (primary N) is 1. The van der Waals surface area contributed by atoms with Gasteiger partial charge < -0.3 is 5.73 Å². The fraction of sp³-hybridized carbons (Fsp3) is 0.333. The summed E-state index contributed by atoms with van der Waals surface area (Å²) < 4.78 is 23.5. The van der Waals surface area contributed by atoms with E-state index < -0.39 is 10.0 Å². The van der Waals surface area contributed by atoms with Crippen LogP contribution in [-0.4, -0.2) is 24.7 Å². The zero-order valence-electron chi connectivity index (χ0n) is 5.97. The molecule has 0 amide bonds. The quantitative estimate of drug-likeness (QED) is 0.679. The Morgan fingerprint density at radius 2 is 1.82 bits per heavy atom. The van der Waals surface area contributed by atoms with Gasteiger partial charge in [-0.3, -0.25) is 3.97 Å². The molecular formula is C6H10N2O2S. The Kier molecular flexibility index (Phi) is 2.31. The zero-order chi connectivity index (χ0) is 8.32. The van der Waals surface area contributed by atoms with E-state index in [1.54, 1.807) is 12.1 Å². The molecule has 0 aliphatic heterocycles. The normalized spacial score (nSPS) is 11.7. The van der Waals surface area contributed by atoms with Crippen molar-refractivity contribution < 1.29 is 8.42 Å². The average molecular weight is 174 g/mol. The maximum atomic E-state index is 11.2. The largest absolute Gasteiger partial charge is 0.329 e. The summed E-state index contributed by atoms with van der Waals surface area (Å²) in [5.41, 5.74) is 5.13. The highest BCUT2D eigenvalue weighted by Gasteiger charge is 2.08. The van der Waals surface area contributed by atoms with E-state index in [4.69, 9.17) is 5.73 Å². The van der Waals surface area contributed by atoms with Crippen molar-refractivity contribution in [3.63, 3.8) is 0 Å². The summed E-state index contributed by atoms with van der Waals surface area (Å²) in [7, 11) is -3.18. The van der Waals surface area contributed by atoms with Crippen LogP contribution < -0.4 is 5.73 Å². The van der Waals surface area contributed by atoms with Crippen molar-refractivity contribution in [3.05, 3.63) is 24.5 Å². The van der Waals surface area contributed by atoms with E-state index in [0.29, 0.717) is 0 Å². The second-order valence-electron chi connectivity index (χ2n) is 2.12. The zero-order valence-corrected chi connectivity index (χ0v) is 6.79. The van der Waals surface area contributed by atoms with Crippen LogP contribution in [-0.2, 0) is 10.0 Å². The number of nitrogens with zero attached hydrogens (tertiary/aromatic N) is 1. The van der Waals surface area contributed by atoms with E-state index >= 15 is 0 Å². The highest BCUT2D eigenvalue weighted by atomic mass is 32.2. The molecule has 0 aliphatic rings. The predicted molar refractivity (Wildman–Crippen MR) is 42.7 cm³/mol. The summed E-state index contributed by atoms with van der Waals surface area (Å²) >= 11 is 0. The first-order valence-electron chi connectivity index (χ1n) is 3.23. The van der Waals surface area contributed by atoms with Crippen molar-refractivity contribution in [3.8, 4) is 0 Å². The Morgan fingerprint density at radius 3 is 2.27 bits per heavy atom. The van der Waals surface area contributed by atoms with Crippen LogP contribution in [0.4, 0.5) is 0 Å². The van der Waals surface area contributed by atoms with Gasteiger partial charge in [-0.25, -0.2) is 8.42 Å². The molecule has 0 atom stereocenters. The van der Waals surface area contributed by atoms with Gasteiger partial charge in [0.05, 0.1) is 5.75 Å². The van der Waals surface area contributed by atoms with Crippen LogP contribution in [0.5, 0.6) is 0 Å². The molecule has 0 aliphatic carbocycles.